The number of thioether (sulfide) groups is 1. The van der Waals surface area contributed by atoms with Crippen molar-refractivity contribution in [2.24, 2.45) is 5.92 Å². The minimum atomic E-state index is -1.27. The average Bonchev–Trinajstić information content (AvgIpc) is 2.83. The molecule has 11 heteroatoms. The number of nitrogens with one attached hydrogen (secondary N) is 2. The third-order valence-electron chi connectivity index (χ3n) is 4.99. The number of methoxy groups -OCH3 is 2. The molecule has 0 aromatic heterocycles. The van der Waals surface area contributed by atoms with Crippen molar-refractivity contribution in [3.05, 3.63) is 68.1 Å². The Hall–Kier alpha value is -3.00. The van der Waals surface area contributed by atoms with Crippen molar-refractivity contribution in [1.82, 2.24) is 5.32 Å². The minimum absolute atomic E-state index is 0.0780. The van der Waals surface area contributed by atoms with Gasteiger partial charge >= 0.3 is 5.97 Å². The molecule has 1 aliphatic heterocycles. The highest BCUT2D eigenvalue weighted by atomic mass is 79.9. The summed E-state index contributed by atoms with van der Waals surface area (Å²) in [6.07, 6.45) is 0. The van der Waals surface area contributed by atoms with Gasteiger partial charge in [0.05, 0.1) is 41.1 Å². The zero-order chi connectivity index (χ0) is 24.8. The number of nitrogens with zero attached hydrogens (tertiary/aromatic N) is 1. The van der Waals surface area contributed by atoms with Crippen LogP contribution in [-0.2, 0) is 19.1 Å². The lowest BCUT2D eigenvalue weighted by atomic mass is 9.78. The van der Waals surface area contributed by atoms with E-state index in [0.29, 0.717) is 26.5 Å². The van der Waals surface area contributed by atoms with E-state index in [0.717, 1.165) is 11.8 Å². The first-order chi connectivity index (χ1) is 16.3. The summed E-state index contributed by atoms with van der Waals surface area (Å²) < 4.78 is 10.7. The van der Waals surface area contributed by atoms with Gasteiger partial charge in [-0.15, -0.1) is 0 Å². The van der Waals surface area contributed by atoms with Crippen molar-refractivity contribution >= 4 is 62.8 Å². The summed E-state index contributed by atoms with van der Waals surface area (Å²) in [5, 5.41) is 16.0. The summed E-state index contributed by atoms with van der Waals surface area (Å²) in [6.45, 7) is 0. The van der Waals surface area contributed by atoms with Gasteiger partial charge in [-0.3, -0.25) is 14.4 Å². The smallest absolute Gasteiger partial charge is 0.319 e. The molecule has 3 rings (SSSR count). The highest BCUT2D eigenvalue weighted by Gasteiger charge is 2.44. The van der Waals surface area contributed by atoms with Crippen LogP contribution in [0.15, 0.2) is 57.5 Å². The van der Waals surface area contributed by atoms with Crippen molar-refractivity contribution in [2.45, 2.75) is 5.92 Å². The van der Waals surface area contributed by atoms with Gasteiger partial charge in [-0.25, -0.2) is 0 Å². The van der Waals surface area contributed by atoms with E-state index in [1.54, 1.807) is 42.5 Å². The van der Waals surface area contributed by atoms with Crippen LogP contribution in [0.2, 0.25) is 5.02 Å². The summed E-state index contributed by atoms with van der Waals surface area (Å²) >= 11 is 10.2. The second-order valence-electron chi connectivity index (χ2n) is 7.06. The molecule has 176 valence electrons. The van der Waals surface area contributed by atoms with Gasteiger partial charge in [0.25, 0.3) is 0 Å². The number of benzene rings is 2. The standard InChI is InChI=1S/C23H19BrClN3O5S/c1-32-17-8-3-12(9-16(17)24)19-15(10-26)22(28-21(30)20(19)23(31)33-2)34-11-18(29)27-14-6-4-13(25)5-7-14/h3-9,19-20H,11H2,1-2H3,(H,27,29)(H,28,30)/t19-,20+/m1/s1. The first-order valence-electron chi connectivity index (χ1n) is 9.83. The van der Waals surface area contributed by atoms with Crippen molar-refractivity contribution < 1.29 is 23.9 Å². The number of amides is 2. The Labute approximate surface area is 213 Å². The fraction of sp³-hybridized carbons (Fsp3) is 0.217. The molecule has 0 spiro atoms. The SMILES string of the molecule is COC(=O)[C@@H]1C(=O)NC(SCC(=O)Nc2ccc(Cl)cc2)=C(C#N)[C@H]1c1ccc(OC)c(Br)c1. The van der Waals surface area contributed by atoms with E-state index in [4.69, 9.17) is 21.1 Å². The van der Waals surface area contributed by atoms with Crippen molar-refractivity contribution in [3.63, 3.8) is 0 Å². The third-order valence-corrected chi connectivity index (χ3v) is 6.88. The number of hydrogen-bond donors (Lipinski definition) is 2. The van der Waals surface area contributed by atoms with Gasteiger partial charge in [0, 0.05) is 16.6 Å². The lowest BCUT2D eigenvalue weighted by molar-refractivity contribution is -0.150. The van der Waals surface area contributed by atoms with Gasteiger partial charge in [-0.1, -0.05) is 29.4 Å². The van der Waals surface area contributed by atoms with E-state index >= 15 is 0 Å². The molecule has 0 bridgehead atoms. The number of rotatable bonds is 7. The lowest BCUT2D eigenvalue weighted by Crippen LogP contribution is -2.44. The molecule has 1 heterocycles. The molecule has 0 aliphatic carbocycles. The fourth-order valence-electron chi connectivity index (χ4n) is 3.42. The van der Waals surface area contributed by atoms with Gasteiger partial charge < -0.3 is 20.1 Å². The number of ether oxygens (including phenoxy) is 2. The Morgan fingerprint density at radius 2 is 1.94 bits per heavy atom. The molecule has 2 atom stereocenters. The van der Waals surface area contributed by atoms with Crippen LogP contribution in [0.25, 0.3) is 0 Å². The number of hydrogen-bond acceptors (Lipinski definition) is 7. The maximum atomic E-state index is 12.9. The molecule has 2 aromatic carbocycles. The summed E-state index contributed by atoms with van der Waals surface area (Å²) in [6, 6.07) is 13.7. The molecule has 0 saturated heterocycles. The largest absolute Gasteiger partial charge is 0.496 e. The molecular weight excluding hydrogens is 546 g/mol. The molecule has 2 amide bonds. The van der Waals surface area contributed by atoms with Crippen LogP contribution < -0.4 is 15.4 Å². The fourth-order valence-corrected chi connectivity index (χ4v) is 4.96. The highest BCUT2D eigenvalue weighted by Crippen LogP contribution is 2.42. The summed E-state index contributed by atoms with van der Waals surface area (Å²) in [4.78, 5) is 37.8. The maximum absolute atomic E-state index is 12.9. The first kappa shape index (κ1) is 25.6. The Morgan fingerprint density at radius 1 is 1.24 bits per heavy atom. The van der Waals surface area contributed by atoms with Crippen molar-refractivity contribution in [2.75, 3.05) is 25.3 Å². The van der Waals surface area contributed by atoms with Crippen LogP contribution in [-0.4, -0.2) is 37.8 Å². The monoisotopic (exact) mass is 563 g/mol. The minimum Gasteiger partial charge on any atom is -0.496 e. The molecule has 34 heavy (non-hydrogen) atoms. The molecule has 2 aromatic rings. The third kappa shape index (κ3) is 5.73. The second kappa shape index (κ2) is 11.4. The van der Waals surface area contributed by atoms with Gasteiger partial charge in [0.2, 0.25) is 11.8 Å². The summed E-state index contributed by atoms with van der Waals surface area (Å²) in [5.41, 5.74) is 1.25. The molecule has 0 fully saturated rings. The van der Waals surface area contributed by atoms with E-state index in [-0.39, 0.29) is 22.3 Å². The number of nitriles is 1. The number of carbonyl (C=O) groups is 3. The van der Waals surface area contributed by atoms with Crippen molar-refractivity contribution in [1.29, 1.82) is 5.26 Å². The molecule has 0 radical (unpaired) electrons. The molecular formula is C23H19BrClN3O5S. The van der Waals surface area contributed by atoms with Crippen LogP contribution >= 0.6 is 39.3 Å². The van der Waals surface area contributed by atoms with Gasteiger partial charge in [-0.2, -0.15) is 5.26 Å². The molecule has 1 aliphatic rings. The maximum Gasteiger partial charge on any atom is 0.319 e. The highest BCUT2D eigenvalue weighted by molar-refractivity contribution is 9.10. The first-order valence-corrected chi connectivity index (χ1v) is 12.0. The average molecular weight is 565 g/mol. The number of allylic oxidation sites excluding steroid dienone is 1. The van der Waals surface area contributed by atoms with Crippen LogP contribution in [0.1, 0.15) is 11.5 Å². The molecule has 0 saturated carbocycles. The number of anilines is 1. The number of halogens is 2. The topological polar surface area (TPSA) is 118 Å². The summed E-state index contributed by atoms with van der Waals surface area (Å²) in [7, 11) is 2.69. The number of carbonyl (C=O) groups excluding carboxylic acids is 3. The molecule has 2 N–H and O–H groups in total. The van der Waals surface area contributed by atoms with E-state index in [1.165, 1.54) is 14.2 Å². The van der Waals surface area contributed by atoms with Gasteiger partial charge in [0.15, 0.2) is 0 Å². The Balaban J connectivity index is 1.92. The Kier molecular flexibility index (Phi) is 8.61. The van der Waals surface area contributed by atoms with Crippen LogP contribution in [0.4, 0.5) is 5.69 Å². The number of esters is 1. The van der Waals surface area contributed by atoms with Crippen LogP contribution in [0.5, 0.6) is 5.75 Å². The second-order valence-corrected chi connectivity index (χ2v) is 9.34. The van der Waals surface area contributed by atoms with E-state index in [9.17, 15) is 19.6 Å². The molecule has 8 nitrogen and oxygen atoms in total. The van der Waals surface area contributed by atoms with E-state index in [2.05, 4.69) is 32.6 Å². The predicted molar refractivity (Wildman–Crippen MR) is 132 cm³/mol. The van der Waals surface area contributed by atoms with Gasteiger partial charge in [-0.05, 0) is 57.9 Å². The lowest BCUT2D eigenvalue weighted by Gasteiger charge is -2.31. The summed E-state index contributed by atoms with van der Waals surface area (Å²) in [5.74, 6) is -3.44. The Bertz CT molecular complexity index is 1200. The van der Waals surface area contributed by atoms with Gasteiger partial charge in [0.1, 0.15) is 11.7 Å². The normalized spacial score (nSPS) is 17.4. The Morgan fingerprint density at radius 3 is 2.53 bits per heavy atom. The predicted octanol–water partition coefficient (Wildman–Crippen LogP) is 4.22. The van der Waals surface area contributed by atoms with E-state index in [1.807, 2.05) is 0 Å². The zero-order valence-corrected chi connectivity index (χ0v) is 21.2. The zero-order valence-electron chi connectivity index (χ0n) is 18.1. The molecule has 0 unspecified atom stereocenters. The van der Waals surface area contributed by atoms with E-state index < -0.39 is 23.7 Å². The van der Waals surface area contributed by atoms with Crippen LogP contribution in [0, 0.1) is 17.2 Å². The quantitative estimate of drug-likeness (QED) is 0.382. The van der Waals surface area contributed by atoms with Crippen LogP contribution in [0.3, 0.4) is 0 Å². The van der Waals surface area contributed by atoms with Crippen molar-refractivity contribution in [3.8, 4) is 11.8 Å².